The summed E-state index contributed by atoms with van der Waals surface area (Å²) in [6.45, 7) is 0. The average Bonchev–Trinajstić information content (AvgIpc) is 0. The predicted molar refractivity (Wildman–Crippen MR) is 37.9 cm³/mol. The molecule has 0 unspecified atom stereocenters. The maximum absolute atomic E-state index is 0. The van der Waals surface area contributed by atoms with E-state index in [2.05, 4.69) is 0 Å². The Kier molecular flexibility index (Phi) is 30500. The fourth-order valence-electron chi connectivity index (χ4n) is 0. The van der Waals surface area contributed by atoms with Crippen molar-refractivity contribution in [3.8, 4) is 0 Å². The van der Waals surface area contributed by atoms with Gasteiger partial charge in [0.2, 0.25) is 0 Å². The van der Waals surface area contributed by atoms with Crippen LogP contribution in [-0.4, -0.2) is 5.48 Å². The van der Waals surface area contributed by atoms with Gasteiger partial charge in [0, 0.05) is 21.1 Å². The van der Waals surface area contributed by atoms with Gasteiger partial charge < -0.3 is 37.5 Å². The van der Waals surface area contributed by atoms with Crippen LogP contribution in [-0.2, 0) is 42.1 Å². The first-order valence-electron chi connectivity index (χ1n) is 0. The maximum Gasteiger partial charge on any atom is 2.00 e. The molecule has 7 heteroatoms. The molecule has 0 aromatic heterocycles. The standard InChI is InChI=1S/CH4.CH3.4H2N.H2O.2Pt/h1H4;1H3;5*1H2;;/q;5*-1;;;+2. The van der Waals surface area contributed by atoms with Crippen molar-refractivity contribution in [2.24, 2.45) is 0 Å². The van der Waals surface area contributed by atoms with Crippen LogP contribution in [0, 0.1) is 7.43 Å². The molecule has 74 valence electrons. The summed E-state index contributed by atoms with van der Waals surface area (Å²) >= 11 is 0. The molecule has 0 aliphatic rings. The molecule has 0 saturated carbocycles. The van der Waals surface area contributed by atoms with E-state index in [4.69, 9.17) is 0 Å². The molecule has 0 aromatic carbocycles. The van der Waals surface area contributed by atoms with Gasteiger partial charge in [-0.15, -0.1) is 0 Å². The Hall–Kier alpha value is 1.18. The quantitative estimate of drug-likeness (QED) is 0.444. The SMILES string of the molecule is C.O.[CH3-].[NH2-].[NH2-].[NH2-].[NH2-].[Pt+2].[Pt]. The molecule has 0 aliphatic carbocycles. The summed E-state index contributed by atoms with van der Waals surface area (Å²) in [6.07, 6.45) is 0. The van der Waals surface area contributed by atoms with Gasteiger partial charge in [0.05, 0.1) is 0 Å². The van der Waals surface area contributed by atoms with Gasteiger partial charge in [0.1, 0.15) is 0 Å². The first kappa shape index (κ1) is 619. The molecule has 0 amide bonds. The van der Waals surface area contributed by atoms with Crippen LogP contribution in [0.4, 0.5) is 0 Å². The third-order valence-electron chi connectivity index (χ3n) is 0. The van der Waals surface area contributed by atoms with Gasteiger partial charge in [-0.1, -0.05) is 7.43 Å². The zero-order chi connectivity index (χ0) is 0. The second-order valence-electron chi connectivity index (χ2n) is 0. The van der Waals surface area contributed by atoms with E-state index in [-0.39, 0.29) is 87.1 Å². The first-order chi connectivity index (χ1) is 0. The topological polar surface area (TPSA) is 166 Å². The molecule has 0 rings (SSSR count). The van der Waals surface area contributed by atoms with Gasteiger partial charge in [-0.2, -0.15) is 0 Å². The Labute approximate surface area is 86.9 Å². The fraction of sp³-hybridized carbons (Fsp3) is 0.500. The summed E-state index contributed by atoms with van der Waals surface area (Å²) < 4.78 is 0. The molecule has 0 saturated heterocycles. The Morgan fingerprint density at radius 3 is 0.667 bits per heavy atom. The van der Waals surface area contributed by atoms with E-state index in [1.807, 2.05) is 0 Å². The van der Waals surface area contributed by atoms with Crippen LogP contribution in [0.25, 0.3) is 24.6 Å². The van der Waals surface area contributed by atoms with Crippen molar-refractivity contribution >= 4 is 0 Å². The minimum absolute atomic E-state index is 0. The molecule has 9 heavy (non-hydrogen) atoms. The van der Waals surface area contributed by atoms with Gasteiger partial charge in [-0.3, -0.25) is 0 Å². The van der Waals surface area contributed by atoms with E-state index in [1.165, 1.54) is 0 Å². The summed E-state index contributed by atoms with van der Waals surface area (Å²) in [5.41, 5.74) is 0. The average molecular weight is 503 g/mol. The monoisotopic (exact) mass is 503 g/mol. The molecule has 5 nitrogen and oxygen atoms in total. The second-order valence-corrected chi connectivity index (χ2v) is 0. The molecular formula is C2H17N4OPt2-3. The van der Waals surface area contributed by atoms with Crippen molar-refractivity contribution in [3.05, 3.63) is 32.0 Å². The minimum Gasteiger partial charge on any atom is -0.693 e. The third-order valence-corrected chi connectivity index (χ3v) is 0. The second kappa shape index (κ2) is 443. The fourth-order valence-corrected chi connectivity index (χ4v) is 0. The van der Waals surface area contributed by atoms with E-state index in [1.54, 1.807) is 0 Å². The normalized spacial score (nSPS) is 0. The van der Waals surface area contributed by atoms with Crippen molar-refractivity contribution in [1.82, 2.24) is 0 Å². The maximum atomic E-state index is 0. The van der Waals surface area contributed by atoms with Crippen LogP contribution in [0.15, 0.2) is 0 Å². The molecule has 0 heterocycles. The molecule has 10 N–H and O–H groups in total. The minimum atomic E-state index is 0. The van der Waals surface area contributed by atoms with E-state index in [0.717, 1.165) is 0 Å². The molecule has 0 spiro atoms. The molecule has 0 radical (unpaired) electrons. The Morgan fingerprint density at radius 2 is 0.667 bits per heavy atom. The first-order valence-corrected chi connectivity index (χ1v) is 0. The van der Waals surface area contributed by atoms with Gasteiger partial charge in [0.25, 0.3) is 0 Å². The summed E-state index contributed by atoms with van der Waals surface area (Å²) in [5, 5.41) is 0. The zero-order valence-corrected chi connectivity index (χ0v) is 8.99. The zero-order valence-electron chi connectivity index (χ0n) is 4.44. The molecule has 0 bridgehead atoms. The van der Waals surface area contributed by atoms with E-state index < -0.39 is 0 Å². The summed E-state index contributed by atoms with van der Waals surface area (Å²) in [5.74, 6) is 0. The number of nitrogens with two attached hydrogens (primary N) is 4. The van der Waals surface area contributed by atoms with Crippen molar-refractivity contribution in [1.29, 1.82) is 0 Å². The Balaban J connectivity index is 0. The van der Waals surface area contributed by atoms with Crippen LogP contribution >= 0.6 is 0 Å². The third kappa shape index (κ3) is 341. The van der Waals surface area contributed by atoms with Gasteiger partial charge in [-0.05, 0) is 0 Å². The summed E-state index contributed by atoms with van der Waals surface area (Å²) in [7, 11) is 0. The van der Waals surface area contributed by atoms with E-state index in [0.29, 0.717) is 0 Å². The van der Waals surface area contributed by atoms with Gasteiger partial charge in [-0.25, -0.2) is 0 Å². The van der Waals surface area contributed by atoms with Crippen LogP contribution in [0.1, 0.15) is 7.43 Å². The predicted octanol–water partition coefficient (Wildman–Crippen LogP) is 3.13. The summed E-state index contributed by atoms with van der Waals surface area (Å²) in [6, 6.07) is 0. The molecular weight excluding hydrogens is 486 g/mol. The van der Waals surface area contributed by atoms with Gasteiger partial charge >= 0.3 is 21.1 Å². The van der Waals surface area contributed by atoms with Crippen LogP contribution in [0.2, 0.25) is 0 Å². The van der Waals surface area contributed by atoms with E-state index in [9.17, 15) is 0 Å². The molecule has 0 aromatic rings. The Bertz CT molecular complexity index is 16.5. The van der Waals surface area contributed by atoms with E-state index >= 15 is 0 Å². The largest absolute Gasteiger partial charge is 2.00 e. The number of hydrogen-bond acceptors (Lipinski definition) is 0. The van der Waals surface area contributed by atoms with Crippen LogP contribution in [0.5, 0.6) is 0 Å². The van der Waals surface area contributed by atoms with Crippen molar-refractivity contribution in [3.63, 3.8) is 0 Å². The van der Waals surface area contributed by atoms with Crippen LogP contribution in [0.3, 0.4) is 0 Å². The van der Waals surface area contributed by atoms with Gasteiger partial charge in [0.15, 0.2) is 0 Å². The smallest absolute Gasteiger partial charge is 0.693 e. The van der Waals surface area contributed by atoms with Crippen molar-refractivity contribution < 1.29 is 47.6 Å². The molecule has 0 aliphatic heterocycles. The summed E-state index contributed by atoms with van der Waals surface area (Å²) in [4.78, 5) is 0. The Morgan fingerprint density at radius 1 is 0.667 bits per heavy atom. The van der Waals surface area contributed by atoms with Crippen molar-refractivity contribution in [2.75, 3.05) is 0 Å². The van der Waals surface area contributed by atoms with Crippen LogP contribution < -0.4 is 0 Å². The molecule has 0 atom stereocenters. The van der Waals surface area contributed by atoms with Crippen molar-refractivity contribution in [2.45, 2.75) is 7.43 Å². The molecule has 0 fully saturated rings. The number of hydrogen-bond donors (Lipinski definition) is 0. The number of rotatable bonds is 0.